The molecule has 3 fully saturated rings. The molecule has 0 bridgehead atoms. The third-order valence-electron chi connectivity index (χ3n) is 10.9. The molecular formula is C39H40ClN7O6. The Morgan fingerprint density at radius 3 is 2.57 bits per heavy atom. The number of piperidine rings is 2. The molecule has 4 aliphatic rings. The molecule has 0 radical (unpaired) electrons. The maximum atomic E-state index is 13.4. The Hall–Kier alpha value is -5.27. The zero-order chi connectivity index (χ0) is 36.8. The molecular weight excluding hydrogens is 698 g/mol. The summed E-state index contributed by atoms with van der Waals surface area (Å²) in [6.07, 6.45) is 6.30. The third-order valence-corrected chi connectivity index (χ3v) is 11.3. The van der Waals surface area contributed by atoms with Gasteiger partial charge in [-0.3, -0.25) is 29.3 Å². The van der Waals surface area contributed by atoms with Gasteiger partial charge < -0.3 is 29.3 Å². The van der Waals surface area contributed by atoms with E-state index in [2.05, 4.69) is 27.1 Å². The van der Waals surface area contributed by atoms with E-state index < -0.39 is 11.9 Å². The molecule has 53 heavy (non-hydrogen) atoms. The topological polar surface area (TPSA) is 148 Å². The number of carbonyl (C=O) groups excluding carboxylic acids is 5. The van der Waals surface area contributed by atoms with Crippen LogP contribution in [0, 0.1) is 0 Å². The molecule has 14 heteroatoms. The van der Waals surface area contributed by atoms with E-state index in [4.69, 9.17) is 16.3 Å². The van der Waals surface area contributed by atoms with Crippen molar-refractivity contribution >= 4 is 63.5 Å². The lowest BCUT2D eigenvalue weighted by atomic mass is 10.0. The molecule has 1 unspecified atom stereocenters. The summed E-state index contributed by atoms with van der Waals surface area (Å²) in [6.45, 7) is 4.36. The van der Waals surface area contributed by atoms with Gasteiger partial charge >= 0.3 is 0 Å². The van der Waals surface area contributed by atoms with Gasteiger partial charge in [0.2, 0.25) is 23.6 Å². The number of halogens is 1. The van der Waals surface area contributed by atoms with E-state index in [-0.39, 0.29) is 49.3 Å². The highest BCUT2D eigenvalue weighted by Gasteiger charge is 2.40. The van der Waals surface area contributed by atoms with E-state index in [0.29, 0.717) is 62.6 Å². The Morgan fingerprint density at radius 1 is 0.981 bits per heavy atom. The first-order valence-electron chi connectivity index (χ1n) is 18.2. The fraction of sp³-hybridized carbons (Fsp3) is 0.385. The van der Waals surface area contributed by atoms with Crippen LogP contribution in [-0.2, 0) is 36.9 Å². The highest BCUT2D eigenvalue weighted by Crippen LogP contribution is 2.37. The van der Waals surface area contributed by atoms with Crippen LogP contribution in [0.4, 0.5) is 11.4 Å². The Bertz CT molecular complexity index is 2140. The number of anilines is 2. The quantitative estimate of drug-likeness (QED) is 0.258. The molecule has 2 aromatic carbocycles. The minimum Gasteiger partial charge on any atom is -0.371 e. The van der Waals surface area contributed by atoms with Gasteiger partial charge in [-0.05, 0) is 61.1 Å². The predicted molar refractivity (Wildman–Crippen MR) is 199 cm³/mol. The summed E-state index contributed by atoms with van der Waals surface area (Å²) in [7, 11) is 0. The van der Waals surface area contributed by atoms with Crippen molar-refractivity contribution in [1.82, 2.24) is 25.1 Å². The Morgan fingerprint density at radius 2 is 1.79 bits per heavy atom. The van der Waals surface area contributed by atoms with Crippen molar-refractivity contribution in [3.05, 3.63) is 76.6 Å². The number of aromatic nitrogens is 2. The van der Waals surface area contributed by atoms with E-state index in [1.54, 1.807) is 27.0 Å². The molecule has 274 valence electrons. The number of carbonyl (C=O) groups is 5. The average molecular weight is 738 g/mol. The van der Waals surface area contributed by atoms with E-state index in [1.807, 2.05) is 42.6 Å². The normalized spacial score (nSPS) is 19.7. The molecule has 2 N–H and O–H groups in total. The molecule has 6 heterocycles. The van der Waals surface area contributed by atoms with Crippen LogP contribution in [0.5, 0.6) is 0 Å². The summed E-state index contributed by atoms with van der Waals surface area (Å²) in [4.78, 5) is 78.8. The number of nitrogens with one attached hydrogen (secondary N) is 2. The fourth-order valence-electron chi connectivity index (χ4n) is 8.01. The number of pyridine rings is 1. The summed E-state index contributed by atoms with van der Waals surface area (Å²) in [6, 6.07) is 12.7. The smallest absolute Gasteiger partial charge is 0.255 e. The van der Waals surface area contributed by atoms with Gasteiger partial charge in [-0.15, -0.1) is 0 Å². The van der Waals surface area contributed by atoms with Gasteiger partial charge in [0.1, 0.15) is 24.8 Å². The molecule has 5 amide bonds. The first-order chi connectivity index (χ1) is 25.7. The van der Waals surface area contributed by atoms with Crippen LogP contribution in [0.3, 0.4) is 0 Å². The molecule has 0 aliphatic carbocycles. The average Bonchev–Trinajstić information content (AvgIpc) is 3.75. The largest absolute Gasteiger partial charge is 0.371 e. The molecule has 3 saturated heterocycles. The lowest BCUT2D eigenvalue weighted by Gasteiger charge is -2.36. The number of fused-ring (bicyclic) bond motifs is 2. The number of piperazine rings is 1. The maximum absolute atomic E-state index is 13.4. The minimum atomic E-state index is -0.663. The van der Waals surface area contributed by atoms with E-state index in [9.17, 15) is 24.0 Å². The van der Waals surface area contributed by atoms with Crippen LogP contribution in [0.1, 0.15) is 54.1 Å². The summed E-state index contributed by atoms with van der Waals surface area (Å²) < 4.78 is 6.07. The van der Waals surface area contributed by atoms with Crippen molar-refractivity contribution in [2.24, 2.45) is 0 Å². The Balaban J connectivity index is 0.841. The summed E-state index contributed by atoms with van der Waals surface area (Å²) >= 11 is 6.87. The lowest BCUT2D eigenvalue weighted by molar-refractivity contribution is -0.142. The first kappa shape index (κ1) is 34.8. The zero-order valence-electron chi connectivity index (χ0n) is 29.4. The Kier molecular flexibility index (Phi) is 9.37. The molecule has 2 aromatic heterocycles. The first-order valence-corrected chi connectivity index (χ1v) is 18.5. The van der Waals surface area contributed by atoms with Crippen LogP contribution in [-0.4, -0.2) is 101 Å². The number of imide groups is 1. The zero-order valence-corrected chi connectivity index (χ0v) is 30.2. The van der Waals surface area contributed by atoms with Gasteiger partial charge in [0.25, 0.3) is 5.91 Å². The van der Waals surface area contributed by atoms with Gasteiger partial charge in [-0.25, -0.2) is 4.98 Å². The fourth-order valence-corrected chi connectivity index (χ4v) is 8.38. The van der Waals surface area contributed by atoms with Gasteiger partial charge in [0, 0.05) is 85.0 Å². The monoisotopic (exact) mass is 737 g/mol. The van der Waals surface area contributed by atoms with E-state index in [0.717, 1.165) is 51.1 Å². The number of aryl methyl sites for hydroxylation is 1. The van der Waals surface area contributed by atoms with Gasteiger partial charge in [0.05, 0.1) is 11.1 Å². The second-order valence-electron chi connectivity index (χ2n) is 14.0. The van der Waals surface area contributed by atoms with Crippen LogP contribution in [0.2, 0.25) is 5.02 Å². The molecule has 8 rings (SSSR count). The number of ether oxygens (including phenoxy) is 1. The standard InChI is InChI=1S/C39H40ClN7O6/c1-2-23-18-41-37-35(23)36(40)28(19-42-37)24-5-3-6-25(17-24)46-16-15-45(21-33(46)49)34(50)22-53-26-11-13-44(14-12-26)30-8-4-7-27-29(30)20-47(39(27)52)31-9-10-32(48)43-38(31)51/h3-8,17-19,26,31H,2,9-16,20-22H2,1H3,(H,41,42)(H,43,48,51). The Labute approximate surface area is 311 Å². The molecule has 0 spiro atoms. The molecule has 0 saturated carbocycles. The summed E-state index contributed by atoms with van der Waals surface area (Å²) in [5.41, 5.74) is 6.64. The van der Waals surface area contributed by atoms with Gasteiger partial charge in [-0.1, -0.05) is 36.7 Å². The molecule has 1 atom stereocenters. The second-order valence-corrected chi connectivity index (χ2v) is 14.4. The number of benzene rings is 2. The van der Waals surface area contributed by atoms with Crippen molar-refractivity contribution in [2.45, 2.75) is 57.7 Å². The molecule has 13 nitrogen and oxygen atoms in total. The number of aromatic amines is 1. The summed E-state index contributed by atoms with van der Waals surface area (Å²) in [5, 5.41) is 3.88. The SMILES string of the molecule is CCc1c[nH]c2ncc(-c3cccc(N4CCN(C(=O)COC5CCN(c6cccc7c6CN(C6CCC(=O)NC6=O)C7=O)CC5)CC4=O)c3)c(Cl)c12. The van der Waals surface area contributed by atoms with Crippen molar-refractivity contribution in [3.8, 4) is 11.1 Å². The molecule has 4 aromatic rings. The minimum absolute atomic E-state index is 0.0317. The second kappa shape index (κ2) is 14.3. The number of rotatable bonds is 8. The number of nitrogens with zero attached hydrogens (tertiary/aromatic N) is 5. The number of H-pyrrole nitrogens is 1. The van der Waals surface area contributed by atoms with Crippen LogP contribution >= 0.6 is 11.6 Å². The van der Waals surface area contributed by atoms with Gasteiger partial charge in [-0.2, -0.15) is 0 Å². The van der Waals surface area contributed by atoms with Crippen LogP contribution in [0.25, 0.3) is 22.2 Å². The molecule has 4 aliphatic heterocycles. The van der Waals surface area contributed by atoms with Crippen molar-refractivity contribution in [2.75, 3.05) is 49.1 Å². The van der Waals surface area contributed by atoms with E-state index >= 15 is 0 Å². The maximum Gasteiger partial charge on any atom is 0.255 e. The van der Waals surface area contributed by atoms with Crippen molar-refractivity contribution < 1.29 is 28.7 Å². The predicted octanol–water partition coefficient (Wildman–Crippen LogP) is 4.07. The highest BCUT2D eigenvalue weighted by atomic mass is 35.5. The van der Waals surface area contributed by atoms with E-state index in [1.165, 1.54) is 0 Å². The van der Waals surface area contributed by atoms with Gasteiger partial charge in [0.15, 0.2) is 0 Å². The lowest BCUT2D eigenvalue weighted by Crippen LogP contribution is -2.53. The highest BCUT2D eigenvalue weighted by molar-refractivity contribution is 6.38. The number of hydrogen-bond donors (Lipinski definition) is 2. The summed E-state index contributed by atoms with van der Waals surface area (Å²) in [5.74, 6) is -1.32. The van der Waals surface area contributed by atoms with Crippen molar-refractivity contribution in [1.29, 1.82) is 0 Å². The van der Waals surface area contributed by atoms with Crippen molar-refractivity contribution in [3.63, 3.8) is 0 Å². The number of amides is 5. The third kappa shape index (κ3) is 6.52. The van der Waals surface area contributed by atoms with Crippen LogP contribution in [0.15, 0.2) is 54.9 Å². The number of hydrogen-bond acceptors (Lipinski definition) is 8. The van der Waals surface area contributed by atoms with Crippen LogP contribution < -0.4 is 15.1 Å².